The second-order valence-electron chi connectivity index (χ2n) is 6.40. The number of aliphatic hydroxyl groups excluding tert-OH is 1. The van der Waals surface area contributed by atoms with Crippen LogP contribution in [0.4, 0.5) is 5.69 Å². The molecule has 5 heteroatoms. The average molecular weight is 302 g/mol. The Bertz CT molecular complexity index is 567. The minimum absolute atomic E-state index is 0.182. The topological polar surface area (TPSA) is 78.4 Å². The monoisotopic (exact) mass is 302 g/mol. The van der Waals surface area contributed by atoms with E-state index in [0.717, 1.165) is 30.6 Å². The van der Waals surface area contributed by atoms with Gasteiger partial charge in [0.1, 0.15) is 0 Å². The zero-order chi connectivity index (χ0) is 15.5. The van der Waals surface area contributed by atoms with Gasteiger partial charge in [-0.3, -0.25) is 14.9 Å². The number of nitrogens with one attached hydrogen (secondary N) is 2. The van der Waals surface area contributed by atoms with E-state index in [1.165, 1.54) is 0 Å². The van der Waals surface area contributed by atoms with Gasteiger partial charge in [0.25, 0.3) is 0 Å². The molecule has 1 saturated heterocycles. The molecule has 0 radical (unpaired) electrons. The zero-order valence-corrected chi connectivity index (χ0v) is 12.5. The molecule has 1 atom stereocenters. The highest BCUT2D eigenvalue weighted by molar-refractivity contribution is 6.01. The summed E-state index contributed by atoms with van der Waals surface area (Å²) in [4.78, 5) is 23.2. The van der Waals surface area contributed by atoms with Crippen LogP contribution in [0, 0.1) is 11.8 Å². The van der Waals surface area contributed by atoms with E-state index in [-0.39, 0.29) is 17.7 Å². The number of anilines is 1. The van der Waals surface area contributed by atoms with Crippen molar-refractivity contribution in [2.45, 2.75) is 31.6 Å². The highest BCUT2D eigenvalue weighted by Gasteiger charge is 2.29. The number of carbonyl (C=O) groups excluding carboxylic acids is 2. The molecule has 3 rings (SSSR count). The average Bonchev–Trinajstić information content (AvgIpc) is 2.46. The molecule has 1 unspecified atom stereocenters. The summed E-state index contributed by atoms with van der Waals surface area (Å²) in [5.74, 6) is 0.483. The molecule has 0 bridgehead atoms. The maximum absolute atomic E-state index is 11.9. The van der Waals surface area contributed by atoms with Crippen LogP contribution in [0.3, 0.4) is 0 Å². The number of hydrogen-bond donors (Lipinski definition) is 3. The molecule has 1 aliphatic carbocycles. The summed E-state index contributed by atoms with van der Waals surface area (Å²) in [5.41, 5.74) is 1.96. The van der Waals surface area contributed by atoms with Gasteiger partial charge >= 0.3 is 0 Å². The number of amides is 2. The molecule has 1 aliphatic heterocycles. The molecular weight excluding hydrogens is 280 g/mol. The van der Waals surface area contributed by atoms with Gasteiger partial charge in [0.15, 0.2) is 0 Å². The Morgan fingerprint density at radius 1 is 1.23 bits per heavy atom. The molecule has 3 N–H and O–H groups in total. The van der Waals surface area contributed by atoms with Gasteiger partial charge in [-0.2, -0.15) is 0 Å². The van der Waals surface area contributed by atoms with Crippen LogP contribution >= 0.6 is 0 Å². The summed E-state index contributed by atoms with van der Waals surface area (Å²) in [6.45, 7) is 1.19. The molecule has 2 amide bonds. The Balaban J connectivity index is 1.58. The number of carbonyl (C=O) groups is 2. The van der Waals surface area contributed by atoms with Crippen LogP contribution in [0.25, 0.3) is 0 Å². The lowest BCUT2D eigenvalue weighted by molar-refractivity contribution is -0.134. The van der Waals surface area contributed by atoms with Crippen LogP contribution in [0.15, 0.2) is 24.3 Å². The fourth-order valence-electron chi connectivity index (χ4n) is 3.33. The van der Waals surface area contributed by atoms with Crippen LogP contribution in [0.5, 0.6) is 0 Å². The van der Waals surface area contributed by atoms with Crippen molar-refractivity contribution < 1.29 is 14.7 Å². The fraction of sp³-hybridized carbons (Fsp3) is 0.529. The van der Waals surface area contributed by atoms with E-state index in [4.69, 9.17) is 5.11 Å². The van der Waals surface area contributed by atoms with Crippen LogP contribution in [0.1, 0.15) is 37.2 Å². The molecule has 1 saturated carbocycles. The molecule has 2 fully saturated rings. The Morgan fingerprint density at radius 3 is 2.77 bits per heavy atom. The lowest BCUT2D eigenvalue weighted by Crippen LogP contribution is -2.39. The van der Waals surface area contributed by atoms with E-state index in [1.807, 2.05) is 24.3 Å². The molecule has 1 aromatic rings. The van der Waals surface area contributed by atoms with Crippen molar-refractivity contribution in [3.05, 3.63) is 29.8 Å². The van der Waals surface area contributed by atoms with Gasteiger partial charge in [-0.05, 0) is 48.8 Å². The second kappa shape index (κ2) is 6.48. The maximum Gasteiger partial charge on any atom is 0.234 e. The Kier molecular flexibility index (Phi) is 4.43. The normalized spacial score (nSPS) is 28.0. The number of hydrogen-bond acceptors (Lipinski definition) is 4. The third-order valence-electron chi connectivity index (χ3n) is 4.71. The van der Waals surface area contributed by atoms with Crippen LogP contribution < -0.4 is 10.6 Å². The largest absolute Gasteiger partial charge is 0.396 e. The third kappa shape index (κ3) is 3.30. The summed E-state index contributed by atoms with van der Waals surface area (Å²) in [6, 6.07) is 7.88. The Hall–Kier alpha value is -1.88. The Labute approximate surface area is 130 Å². The Morgan fingerprint density at radius 2 is 2.05 bits per heavy atom. The predicted molar refractivity (Wildman–Crippen MR) is 83.4 cm³/mol. The summed E-state index contributed by atoms with van der Waals surface area (Å²) < 4.78 is 0. The molecule has 5 nitrogen and oxygen atoms in total. The molecule has 0 aromatic heterocycles. The summed E-state index contributed by atoms with van der Waals surface area (Å²) >= 11 is 0. The van der Waals surface area contributed by atoms with E-state index >= 15 is 0 Å². The van der Waals surface area contributed by atoms with Gasteiger partial charge in [0.05, 0.1) is 5.92 Å². The van der Waals surface area contributed by atoms with E-state index < -0.39 is 0 Å². The quantitative estimate of drug-likeness (QED) is 0.723. The molecule has 22 heavy (non-hydrogen) atoms. The van der Waals surface area contributed by atoms with E-state index in [2.05, 4.69) is 10.6 Å². The van der Waals surface area contributed by atoms with Crippen molar-refractivity contribution in [3.8, 4) is 0 Å². The van der Waals surface area contributed by atoms with Crippen molar-refractivity contribution in [2.24, 2.45) is 11.8 Å². The van der Waals surface area contributed by atoms with E-state index in [0.29, 0.717) is 31.3 Å². The number of piperidine rings is 1. The summed E-state index contributed by atoms with van der Waals surface area (Å²) in [5, 5.41) is 14.9. The summed E-state index contributed by atoms with van der Waals surface area (Å²) in [7, 11) is 0. The number of aliphatic hydroxyl groups is 1. The molecule has 2 aliphatic rings. The zero-order valence-electron chi connectivity index (χ0n) is 12.5. The fourth-order valence-corrected chi connectivity index (χ4v) is 3.33. The first kappa shape index (κ1) is 15.0. The second-order valence-corrected chi connectivity index (χ2v) is 6.40. The highest BCUT2D eigenvalue weighted by Crippen LogP contribution is 2.33. The van der Waals surface area contributed by atoms with Crippen molar-refractivity contribution in [3.63, 3.8) is 0 Å². The molecule has 118 valence electrons. The lowest BCUT2D eigenvalue weighted by Gasteiger charge is -2.34. The summed E-state index contributed by atoms with van der Waals surface area (Å²) in [6.07, 6.45) is 3.14. The molecule has 1 aromatic carbocycles. The van der Waals surface area contributed by atoms with Crippen LogP contribution in [-0.2, 0) is 9.59 Å². The highest BCUT2D eigenvalue weighted by atomic mass is 16.3. The van der Waals surface area contributed by atoms with Crippen LogP contribution in [0.2, 0.25) is 0 Å². The van der Waals surface area contributed by atoms with Crippen molar-refractivity contribution in [1.29, 1.82) is 0 Å². The third-order valence-corrected chi connectivity index (χ3v) is 4.71. The lowest BCUT2D eigenvalue weighted by atomic mass is 9.75. The van der Waals surface area contributed by atoms with Gasteiger partial charge in [-0.25, -0.2) is 0 Å². The van der Waals surface area contributed by atoms with Crippen molar-refractivity contribution in [1.82, 2.24) is 5.32 Å². The van der Waals surface area contributed by atoms with Gasteiger partial charge in [0, 0.05) is 25.3 Å². The van der Waals surface area contributed by atoms with E-state index in [1.54, 1.807) is 0 Å². The van der Waals surface area contributed by atoms with Crippen molar-refractivity contribution in [2.75, 3.05) is 18.5 Å². The van der Waals surface area contributed by atoms with Crippen LogP contribution in [-0.4, -0.2) is 30.1 Å². The first-order valence-corrected chi connectivity index (χ1v) is 7.94. The molecule has 0 spiro atoms. The standard InChI is InChI=1S/C17H22N2O3/c20-10-12-6-11(7-12)9-18-14-3-1-2-13(8-14)15-4-5-16(21)19-17(15)22/h1-3,8,11-12,15,18,20H,4-7,9-10H2,(H,19,21,22). The number of imide groups is 1. The molecular formula is C17H22N2O3. The number of benzene rings is 1. The smallest absolute Gasteiger partial charge is 0.234 e. The van der Waals surface area contributed by atoms with Gasteiger partial charge < -0.3 is 10.4 Å². The first-order valence-electron chi connectivity index (χ1n) is 7.94. The predicted octanol–water partition coefficient (Wildman–Crippen LogP) is 1.64. The number of rotatable bonds is 5. The minimum Gasteiger partial charge on any atom is -0.396 e. The van der Waals surface area contributed by atoms with Crippen molar-refractivity contribution >= 4 is 17.5 Å². The first-order chi connectivity index (χ1) is 10.7. The SMILES string of the molecule is O=C1CCC(c2cccc(NCC3CC(CO)C3)c2)C(=O)N1. The van der Waals surface area contributed by atoms with Gasteiger partial charge in [-0.1, -0.05) is 12.1 Å². The van der Waals surface area contributed by atoms with E-state index in [9.17, 15) is 9.59 Å². The maximum atomic E-state index is 11.9. The van der Waals surface area contributed by atoms with Gasteiger partial charge in [0.2, 0.25) is 11.8 Å². The minimum atomic E-state index is -0.234. The molecule has 1 heterocycles. The van der Waals surface area contributed by atoms with Gasteiger partial charge in [-0.15, -0.1) is 0 Å².